The number of rotatable bonds is 6. The second kappa shape index (κ2) is 6.93. The number of aliphatic hydroxyl groups is 1. The van der Waals surface area contributed by atoms with Crippen LogP contribution in [-0.4, -0.2) is 23.2 Å². The number of halogens is 3. The van der Waals surface area contributed by atoms with Crippen LogP contribution in [0.15, 0.2) is 12.1 Å². The van der Waals surface area contributed by atoms with E-state index in [-0.39, 0.29) is 6.54 Å². The molecule has 2 N–H and O–H groups in total. The van der Waals surface area contributed by atoms with Gasteiger partial charge in [0.1, 0.15) is 23.0 Å². The monoisotopic (exact) mass is 303 g/mol. The van der Waals surface area contributed by atoms with Crippen molar-refractivity contribution in [1.29, 1.82) is 0 Å². The Morgan fingerprint density at radius 3 is 2.29 bits per heavy atom. The van der Waals surface area contributed by atoms with Gasteiger partial charge in [0.05, 0.1) is 5.60 Å². The first-order valence-electron chi connectivity index (χ1n) is 6.77. The van der Waals surface area contributed by atoms with E-state index in [4.69, 9.17) is 0 Å². The molecule has 118 valence electrons. The van der Waals surface area contributed by atoms with Crippen LogP contribution in [0.2, 0.25) is 0 Å². The van der Waals surface area contributed by atoms with E-state index >= 15 is 0 Å². The van der Waals surface area contributed by atoms with Crippen LogP contribution < -0.4 is 5.32 Å². The molecule has 0 aliphatic heterocycles. The lowest BCUT2D eigenvalue weighted by Crippen LogP contribution is -2.41. The largest absolute Gasteiger partial charge is 0.388 e. The third-order valence-corrected chi connectivity index (χ3v) is 3.12. The van der Waals surface area contributed by atoms with Gasteiger partial charge in [0.2, 0.25) is 0 Å². The van der Waals surface area contributed by atoms with E-state index in [0.29, 0.717) is 24.5 Å². The minimum atomic E-state index is -1.27. The number of amides is 1. The zero-order valence-corrected chi connectivity index (χ0v) is 12.3. The molecule has 1 aromatic rings. The number of hydrogen-bond acceptors (Lipinski definition) is 2. The lowest BCUT2D eigenvalue weighted by molar-refractivity contribution is 0.0427. The van der Waals surface area contributed by atoms with E-state index < -0.39 is 34.5 Å². The molecular formula is C15H20F3NO2. The summed E-state index contributed by atoms with van der Waals surface area (Å²) >= 11 is 0. The van der Waals surface area contributed by atoms with Crippen molar-refractivity contribution in [3.63, 3.8) is 0 Å². The van der Waals surface area contributed by atoms with Gasteiger partial charge in [-0.2, -0.15) is 0 Å². The van der Waals surface area contributed by atoms with Gasteiger partial charge in [-0.3, -0.25) is 4.79 Å². The van der Waals surface area contributed by atoms with Gasteiger partial charge in [0.15, 0.2) is 0 Å². The lowest BCUT2D eigenvalue weighted by Gasteiger charge is -2.24. The van der Waals surface area contributed by atoms with E-state index in [9.17, 15) is 23.1 Å². The summed E-state index contributed by atoms with van der Waals surface area (Å²) in [5, 5.41) is 12.4. The van der Waals surface area contributed by atoms with Crippen LogP contribution in [0.5, 0.6) is 0 Å². The molecule has 0 aromatic heterocycles. The molecular weight excluding hydrogens is 283 g/mol. The highest BCUT2D eigenvalue weighted by Crippen LogP contribution is 2.17. The summed E-state index contributed by atoms with van der Waals surface area (Å²) in [7, 11) is 0. The molecule has 0 saturated carbocycles. The molecule has 0 heterocycles. The average molecular weight is 303 g/mol. The summed E-state index contributed by atoms with van der Waals surface area (Å²) in [6.45, 7) is 5.39. The Morgan fingerprint density at radius 2 is 1.81 bits per heavy atom. The standard InChI is InChI=1S/C15H20F3NO2/c1-9(2)4-5-15(3,21)8-19-14(20)13-11(17)6-10(16)7-12(13)18/h6-7,9,21H,4-5,8H2,1-3H3,(H,19,20). The Hall–Kier alpha value is -1.56. The fourth-order valence-corrected chi connectivity index (χ4v) is 1.81. The van der Waals surface area contributed by atoms with E-state index in [1.807, 2.05) is 13.8 Å². The molecule has 0 radical (unpaired) electrons. The molecule has 1 aromatic carbocycles. The highest BCUT2D eigenvalue weighted by atomic mass is 19.1. The number of benzene rings is 1. The molecule has 0 fully saturated rings. The highest BCUT2D eigenvalue weighted by Gasteiger charge is 2.24. The Balaban J connectivity index is 2.70. The maximum Gasteiger partial charge on any atom is 0.257 e. The molecule has 1 atom stereocenters. The fourth-order valence-electron chi connectivity index (χ4n) is 1.81. The molecule has 1 rings (SSSR count). The Bertz CT molecular complexity index is 493. The molecule has 1 unspecified atom stereocenters. The van der Waals surface area contributed by atoms with Gasteiger partial charge in [-0.05, 0) is 25.7 Å². The van der Waals surface area contributed by atoms with Gasteiger partial charge in [-0.15, -0.1) is 0 Å². The maximum absolute atomic E-state index is 13.4. The predicted molar refractivity (Wildman–Crippen MR) is 73.3 cm³/mol. The van der Waals surface area contributed by atoms with Crippen molar-refractivity contribution in [2.75, 3.05) is 6.54 Å². The van der Waals surface area contributed by atoms with Crippen molar-refractivity contribution in [3.05, 3.63) is 35.1 Å². The third kappa shape index (κ3) is 5.38. The summed E-state index contributed by atoms with van der Waals surface area (Å²) in [6, 6.07) is 0.879. The Labute approximate surface area is 122 Å². The topological polar surface area (TPSA) is 49.3 Å². The van der Waals surface area contributed by atoms with Gasteiger partial charge in [0, 0.05) is 18.7 Å². The first kappa shape index (κ1) is 17.5. The summed E-state index contributed by atoms with van der Waals surface area (Å²) in [6.07, 6.45) is 1.20. The molecule has 0 aliphatic rings. The second-order valence-electron chi connectivity index (χ2n) is 5.86. The Morgan fingerprint density at radius 1 is 1.29 bits per heavy atom. The SMILES string of the molecule is CC(C)CCC(C)(O)CNC(=O)c1c(F)cc(F)cc1F. The third-order valence-electron chi connectivity index (χ3n) is 3.12. The molecule has 21 heavy (non-hydrogen) atoms. The van der Waals surface area contributed by atoms with Crippen molar-refractivity contribution in [3.8, 4) is 0 Å². The van der Waals surface area contributed by atoms with Crippen LogP contribution in [-0.2, 0) is 0 Å². The van der Waals surface area contributed by atoms with Crippen LogP contribution in [0.4, 0.5) is 13.2 Å². The van der Waals surface area contributed by atoms with Crippen LogP contribution in [0.1, 0.15) is 44.0 Å². The lowest BCUT2D eigenvalue weighted by atomic mass is 9.95. The van der Waals surface area contributed by atoms with Gasteiger partial charge in [-0.1, -0.05) is 13.8 Å². The van der Waals surface area contributed by atoms with E-state index in [2.05, 4.69) is 5.32 Å². The number of carbonyl (C=O) groups is 1. The molecule has 0 bridgehead atoms. The molecule has 6 heteroatoms. The van der Waals surface area contributed by atoms with E-state index in [1.165, 1.54) is 6.92 Å². The number of nitrogens with one attached hydrogen (secondary N) is 1. The summed E-state index contributed by atoms with van der Waals surface area (Å²) in [4.78, 5) is 11.8. The zero-order valence-electron chi connectivity index (χ0n) is 12.3. The molecule has 0 saturated heterocycles. The first-order valence-corrected chi connectivity index (χ1v) is 6.77. The molecule has 0 spiro atoms. The Kier molecular flexibility index (Phi) is 5.78. The smallest absolute Gasteiger partial charge is 0.257 e. The minimum absolute atomic E-state index is 0.144. The molecule has 1 amide bonds. The van der Waals surface area contributed by atoms with Crippen molar-refractivity contribution < 1.29 is 23.1 Å². The van der Waals surface area contributed by atoms with Gasteiger partial charge >= 0.3 is 0 Å². The number of hydrogen-bond donors (Lipinski definition) is 2. The van der Waals surface area contributed by atoms with E-state index in [1.54, 1.807) is 0 Å². The van der Waals surface area contributed by atoms with Gasteiger partial charge < -0.3 is 10.4 Å². The predicted octanol–water partition coefficient (Wildman–Crippen LogP) is 3.02. The van der Waals surface area contributed by atoms with Crippen LogP contribution >= 0.6 is 0 Å². The summed E-state index contributed by atoms with van der Waals surface area (Å²) in [5.74, 6) is -4.27. The quantitative estimate of drug-likeness (QED) is 0.848. The maximum atomic E-state index is 13.4. The zero-order chi connectivity index (χ0) is 16.2. The fraction of sp³-hybridized carbons (Fsp3) is 0.533. The number of carbonyl (C=O) groups excluding carboxylic acids is 1. The highest BCUT2D eigenvalue weighted by molar-refractivity contribution is 5.94. The van der Waals surface area contributed by atoms with Crippen molar-refractivity contribution in [2.45, 2.75) is 39.2 Å². The van der Waals surface area contributed by atoms with Crippen molar-refractivity contribution in [1.82, 2.24) is 5.32 Å². The molecule has 3 nitrogen and oxygen atoms in total. The first-order chi connectivity index (χ1) is 9.62. The summed E-state index contributed by atoms with van der Waals surface area (Å²) < 4.78 is 39.6. The molecule has 0 aliphatic carbocycles. The van der Waals surface area contributed by atoms with Crippen molar-refractivity contribution >= 4 is 5.91 Å². The normalized spacial score (nSPS) is 14.1. The van der Waals surface area contributed by atoms with Crippen LogP contribution in [0.3, 0.4) is 0 Å². The average Bonchev–Trinajstić information content (AvgIpc) is 2.33. The van der Waals surface area contributed by atoms with E-state index in [0.717, 1.165) is 6.42 Å². The van der Waals surface area contributed by atoms with Gasteiger partial charge in [0.25, 0.3) is 5.91 Å². The van der Waals surface area contributed by atoms with Crippen LogP contribution in [0.25, 0.3) is 0 Å². The van der Waals surface area contributed by atoms with Gasteiger partial charge in [-0.25, -0.2) is 13.2 Å². The van der Waals surface area contributed by atoms with Crippen LogP contribution in [0, 0.1) is 23.4 Å². The van der Waals surface area contributed by atoms with Crippen molar-refractivity contribution in [2.24, 2.45) is 5.92 Å². The summed E-state index contributed by atoms with van der Waals surface area (Å²) in [5.41, 5.74) is -2.02. The second-order valence-corrected chi connectivity index (χ2v) is 5.86. The minimum Gasteiger partial charge on any atom is -0.388 e.